The molecule has 0 aromatic heterocycles. The van der Waals surface area contributed by atoms with E-state index in [2.05, 4.69) is 13.8 Å². The summed E-state index contributed by atoms with van der Waals surface area (Å²) in [7, 11) is 0. The Bertz CT molecular complexity index is 190. The molecule has 1 nitrogen and oxygen atoms in total. The summed E-state index contributed by atoms with van der Waals surface area (Å²) in [6.45, 7) is 5.60. The Morgan fingerprint density at radius 1 is 1.06 bits per heavy atom. The maximum absolute atomic E-state index is 6.01. The number of nitrogens with two attached hydrogens (primary N) is 1. The molecule has 0 spiro atoms. The predicted octanol–water partition coefficient (Wildman–Crippen LogP) is 4.89. The van der Waals surface area contributed by atoms with Crippen LogP contribution in [0.4, 0.5) is 0 Å². The van der Waals surface area contributed by atoms with Gasteiger partial charge in [0.15, 0.2) is 0 Å². The largest absolute Gasteiger partial charge is 0.330 e. The Kier molecular flexibility index (Phi) is 7.18. The van der Waals surface area contributed by atoms with Crippen molar-refractivity contribution in [2.24, 2.45) is 17.1 Å². The van der Waals surface area contributed by atoms with Crippen LogP contribution < -0.4 is 5.73 Å². The molecule has 0 aromatic carbocycles. The van der Waals surface area contributed by atoms with Gasteiger partial charge in [-0.05, 0) is 37.1 Å². The van der Waals surface area contributed by atoms with Gasteiger partial charge < -0.3 is 5.73 Å². The van der Waals surface area contributed by atoms with Crippen molar-refractivity contribution >= 4 is 0 Å². The minimum Gasteiger partial charge on any atom is -0.330 e. The second kappa shape index (κ2) is 8.13. The first-order chi connectivity index (χ1) is 8.22. The first-order valence-electron chi connectivity index (χ1n) is 7.92. The fourth-order valence-corrected chi connectivity index (χ4v) is 3.47. The fraction of sp³-hybridized carbons (Fsp3) is 1.00. The predicted molar refractivity (Wildman–Crippen MR) is 77.1 cm³/mol. The molecule has 0 aromatic rings. The maximum atomic E-state index is 6.01. The van der Waals surface area contributed by atoms with Crippen molar-refractivity contribution in [2.45, 2.75) is 84.5 Å². The minimum atomic E-state index is 0.531. The van der Waals surface area contributed by atoms with Gasteiger partial charge in [0, 0.05) is 0 Å². The lowest BCUT2D eigenvalue weighted by molar-refractivity contribution is 0.262. The van der Waals surface area contributed by atoms with E-state index in [1.165, 1.54) is 70.6 Å². The molecular weight excluding hydrogens is 206 g/mol. The van der Waals surface area contributed by atoms with Gasteiger partial charge in [0.1, 0.15) is 0 Å². The second-order valence-corrected chi connectivity index (χ2v) is 6.42. The molecule has 17 heavy (non-hydrogen) atoms. The monoisotopic (exact) mass is 239 g/mol. The molecule has 102 valence electrons. The lowest BCUT2D eigenvalue weighted by atomic mass is 9.80. The van der Waals surface area contributed by atoms with Gasteiger partial charge in [-0.15, -0.1) is 0 Å². The normalized spacial score (nSPS) is 28.8. The Labute approximate surface area is 109 Å². The molecule has 1 saturated carbocycles. The zero-order valence-corrected chi connectivity index (χ0v) is 12.1. The number of hydrogen-bond acceptors (Lipinski definition) is 1. The van der Waals surface area contributed by atoms with Crippen LogP contribution in [0.2, 0.25) is 0 Å². The standard InChI is InChI=1S/C16H33N/c1-3-4-5-6-7-8-9-11-16(14-17)12-10-15(2)13-16/h15H,3-14,17H2,1-2H3. The molecule has 0 bridgehead atoms. The van der Waals surface area contributed by atoms with Crippen molar-refractivity contribution in [1.82, 2.24) is 0 Å². The van der Waals surface area contributed by atoms with Gasteiger partial charge in [0.05, 0.1) is 0 Å². The van der Waals surface area contributed by atoms with Gasteiger partial charge >= 0.3 is 0 Å². The van der Waals surface area contributed by atoms with Crippen LogP contribution in [0.25, 0.3) is 0 Å². The lowest BCUT2D eigenvalue weighted by Gasteiger charge is -2.27. The lowest BCUT2D eigenvalue weighted by Crippen LogP contribution is -2.27. The van der Waals surface area contributed by atoms with E-state index in [-0.39, 0.29) is 0 Å². The number of unbranched alkanes of at least 4 members (excludes halogenated alkanes) is 6. The van der Waals surface area contributed by atoms with E-state index in [1.807, 2.05) is 0 Å². The minimum absolute atomic E-state index is 0.531. The van der Waals surface area contributed by atoms with Crippen LogP contribution in [0.5, 0.6) is 0 Å². The summed E-state index contributed by atoms with van der Waals surface area (Å²) in [5, 5.41) is 0. The van der Waals surface area contributed by atoms with E-state index in [0.29, 0.717) is 5.41 Å². The summed E-state index contributed by atoms with van der Waals surface area (Å²) in [4.78, 5) is 0. The smallest absolute Gasteiger partial charge is 0.00204 e. The molecule has 0 saturated heterocycles. The van der Waals surface area contributed by atoms with Crippen molar-refractivity contribution in [2.75, 3.05) is 6.54 Å². The number of rotatable bonds is 9. The van der Waals surface area contributed by atoms with E-state index in [4.69, 9.17) is 5.73 Å². The van der Waals surface area contributed by atoms with Gasteiger partial charge in [-0.3, -0.25) is 0 Å². The Morgan fingerprint density at radius 3 is 2.24 bits per heavy atom. The van der Waals surface area contributed by atoms with E-state index in [9.17, 15) is 0 Å². The number of hydrogen-bond donors (Lipinski definition) is 1. The third-order valence-electron chi connectivity index (χ3n) is 4.69. The Balaban J connectivity index is 2.04. The topological polar surface area (TPSA) is 26.0 Å². The SMILES string of the molecule is CCCCCCCCCC1(CN)CCC(C)C1. The van der Waals surface area contributed by atoms with E-state index in [1.54, 1.807) is 0 Å². The highest BCUT2D eigenvalue weighted by molar-refractivity contribution is 4.88. The molecule has 1 fully saturated rings. The van der Waals surface area contributed by atoms with Crippen molar-refractivity contribution < 1.29 is 0 Å². The highest BCUT2D eigenvalue weighted by Crippen LogP contribution is 2.44. The van der Waals surface area contributed by atoms with Gasteiger partial charge in [-0.2, -0.15) is 0 Å². The Hall–Kier alpha value is -0.0400. The van der Waals surface area contributed by atoms with E-state index in [0.717, 1.165) is 12.5 Å². The molecular formula is C16H33N. The molecule has 1 heteroatoms. The third-order valence-corrected chi connectivity index (χ3v) is 4.69. The maximum Gasteiger partial charge on any atom is -0.00204 e. The van der Waals surface area contributed by atoms with Gasteiger partial charge in [0.2, 0.25) is 0 Å². The van der Waals surface area contributed by atoms with Gasteiger partial charge in [-0.25, -0.2) is 0 Å². The van der Waals surface area contributed by atoms with Crippen molar-refractivity contribution in [3.63, 3.8) is 0 Å². The van der Waals surface area contributed by atoms with Crippen LogP contribution in [0, 0.1) is 11.3 Å². The molecule has 1 aliphatic carbocycles. The van der Waals surface area contributed by atoms with Gasteiger partial charge in [0.25, 0.3) is 0 Å². The van der Waals surface area contributed by atoms with Gasteiger partial charge in [-0.1, -0.05) is 65.2 Å². The third kappa shape index (κ3) is 5.42. The summed E-state index contributed by atoms with van der Waals surface area (Å²) in [6.07, 6.45) is 15.5. The summed E-state index contributed by atoms with van der Waals surface area (Å²) in [6, 6.07) is 0. The molecule has 1 rings (SSSR count). The summed E-state index contributed by atoms with van der Waals surface area (Å²) in [5.74, 6) is 0.920. The van der Waals surface area contributed by atoms with Crippen LogP contribution in [-0.4, -0.2) is 6.54 Å². The van der Waals surface area contributed by atoms with Crippen molar-refractivity contribution in [3.05, 3.63) is 0 Å². The Morgan fingerprint density at radius 2 is 1.71 bits per heavy atom. The molecule has 0 amide bonds. The van der Waals surface area contributed by atoms with Crippen LogP contribution in [0.15, 0.2) is 0 Å². The second-order valence-electron chi connectivity index (χ2n) is 6.42. The molecule has 2 atom stereocenters. The summed E-state index contributed by atoms with van der Waals surface area (Å²) in [5.41, 5.74) is 6.54. The van der Waals surface area contributed by atoms with Crippen molar-refractivity contribution in [3.8, 4) is 0 Å². The zero-order chi connectivity index (χ0) is 12.6. The van der Waals surface area contributed by atoms with Crippen molar-refractivity contribution in [1.29, 1.82) is 0 Å². The average Bonchev–Trinajstić information content (AvgIpc) is 2.71. The molecule has 0 heterocycles. The highest BCUT2D eigenvalue weighted by Gasteiger charge is 2.35. The molecule has 2 unspecified atom stereocenters. The summed E-state index contributed by atoms with van der Waals surface area (Å²) < 4.78 is 0. The first-order valence-corrected chi connectivity index (χ1v) is 7.92. The van der Waals surface area contributed by atoms with Crippen LogP contribution in [0.1, 0.15) is 84.5 Å². The fourth-order valence-electron chi connectivity index (χ4n) is 3.47. The quantitative estimate of drug-likeness (QED) is 0.569. The van der Waals surface area contributed by atoms with E-state index < -0.39 is 0 Å². The van der Waals surface area contributed by atoms with Crippen LogP contribution >= 0.6 is 0 Å². The van der Waals surface area contributed by atoms with E-state index >= 15 is 0 Å². The molecule has 2 N–H and O–H groups in total. The summed E-state index contributed by atoms with van der Waals surface area (Å²) >= 11 is 0. The van der Waals surface area contributed by atoms with Crippen LogP contribution in [0.3, 0.4) is 0 Å². The first kappa shape index (κ1) is 15.0. The zero-order valence-electron chi connectivity index (χ0n) is 12.1. The average molecular weight is 239 g/mol. The highest BCUT2D eigenvalue weighted by atomic mass is 14.6. The molecule has 0 aliphatic heterocycles. The van der Waals surface area contributed by atoms with Crippen LogP contribution in [-0.2, 0) is 0 Å². The molecule has 0 radical (unpaired) electrons. The molecule has 1 aliphatic rings.